The predicted molar refractivity (Wildman–Crippen MR) is 148 cm³/mol. The lowest BCUT2D eigenvalue weighted by molar-refractivity contribution is 0.384. The standard InChI is InChI=1S/C28H27ClFN7O/c1-37(2)25-6-4-5-19(33-25)13-17-7-9-18(10-8-17)14-24-34-27(21-16-32-36-28(21)35-24)31-15-20-22(29)11-12-23(38-3)26(20)30/h4-12,16H,13-15H2,1-3H3,(H2,31,32,34,35,36). The molecule has 0 atom stereocenters. The molecule has 0 aliphatic rings. The second-order valence-electron chi connectivity index (χ2n) is 9.07. The van der Waals surface area contributed by atoms with E-state index in [1.807, 2.05) is 37.2 Å². The molecule has 0 unspecified atom stereocenters. The van der Waals surface area contributed by atoms with Crippen LogP contribution < -0.4 is 15.0 Å². The van der Waals surface area contributed by atoms with Crippen molar-refractivity contribution in [1.82, 2.24) is 25.1 Å². The molecule has 0 saturated heterocycles. The first-order valence-corrected chi connectivity index (χ1v) is 12.4. The first-order valence-electron chi connectivity index (χ1n) is 12.1. The van der Waals surface area contributed by atoms with Crippen molar-refractivity contribution in [2.45, 2.75) is 19.4 Å². The van der Waals surface area contributed by atoms with E-state index in [1.54, 1.807) is 12.3 Å². The molecule has 2 aromatic carbocycles. The zero-order valence-corrected chi connectivity index (χ0v) is 22.1. The average Bonchev–Trinajstić information content (AvgIpc) is 3.39. The van der Waals surface area contributed by atoms with Gasteiger partial charge in [-0.1, -0.05) is 41.9 Å². The molecule has 3 heterocycles. The van der Waals surface area contributed by atoms with Gasteiger partial charge in [0.1, 0.15) is 17.5 Å². The van der Waals surface area contributed by atoms with Gasteiger partial charge in [0, 0.05) is 49.8 Å². The van der Waals surface area contributed by atoms with E-state index in [0.717, 1.165) is 23.5 Å². The maximum atomic E-state index is 14.8. The first kappa shape index (κ1) is 25.4. The SMILES string of the molecule is COc1ccc(Cl)c(CNc2nc(Cc3ccc(Cc4cccc(N(C)C)n4)cc3)nc3[nH]ncc23)c1F. The highest BCUT2D eigenvalue weighted by Crippen LogP contribution is 2.29. The molecule has 0 aliphatic carbocycles. The Morgan fingerprint density at radius 2 is 1.74 bits per heavy atom. The van der Waals surface area contributed by atoms with Gasteiger partial charge in [-0.15, -0.1) is 0 Å². The summed E-state index contributed by atoms with van der Waals surface area (Å²) in [6.45, 7) is 0.121. The van der Waals surface area contributed by atoms with Crippen molar-refractivity contribution < 1.29 is 9.13 Å². The van der Waals surface area contributed by atoms with Crippen LogP contribution in [-0.2, 0) is 19.4 Å². The highest BCUT2D eigenvalue weighted by molar-refractivity contribution is 6.31. The molecule has 0 radical (unpaired) electrons. The van der Waals surface area contributed by atoms with Crippen molar-refractivity contribution in [2.24, 2.45) is 0 Å². The van der Waals surface area contributed by atoms with E-state index in [9.17, 15) is 4.39 Å². The van der Waals surface area contributed by atoms with E-state index in [-0.39, 0.29) is 12.3 Å². The number of H-pyrrole nitrogens is 1. The third kappa shape index (κ3) is 5.52. The first-order chi connectivity index (χ1) is 18.4. The fourth-order valence-corrected chi connectivity index (χ4v) is 4.36. The largest absolute Gasteiger partial charge is 0.494 e. The van der Waals surface area contributed by atoms with Crippen LogP contribution in [0.3, 0.4) is 0 Å². The lowest BCUT2D eigenvalue weighted by Gasteiger charge is -2.13. The summed E-state index contributed by atoms with van der Waals surface area (Å²) in [7, 11) is 5.38. The molecule has 5 rings (SSSR count). The predicted octanol–water partition coefficient (Wildman–Crippen LogP) is 5.41. The number of halogens is 2. The minimum atomic E-state index is -0.506. The van der Waals surface area contributed by atoms with Gasteiger partial charge in [0.25, 0.3) is 0 Å². The number of anilines is 2. The van der Waals surface area contributed by atoms with Gasteiger partial charge in [0.15, 0.2) is 17.2 Å². The van der Waals surface area contributed by atoms with E-state index in [2.05, 4.69) is 44.8 Å². The van der Waals surface area contributed by atoms with Crippen LogP contribution in [0.5, 0.6) is 5.75 Å². The summed E-state index contributed by atoms with van der Waals surface area (Å²) < 4.78 is 19.9. The van der Waals surface area contributed by atoms with Crippen molar-refractivity contribution in [3.63, 3.8) is 0 Å². The second-order valence-corrected chi connectivity index (χ2v) is 9.48. The number of nitrogens with one attached hydrogen (secondary N) is 2. The molecule has 0 bridgehead atoms. The summed E-state index contributed by atoms with van der Waals surface area (Å²) in [5, 5.41) is 11.2. The van der Waals surface area contributed by atoms with Crippen molar-refractivity contribution in [3.8, 4) is 5.75 Å². The van der Waals surface area contributed by atoms with Gasteiger partial charge in [-0.25, -0.2) is 19.3 Å². The summed E-state index contributed by atoms with van der Waals surface area (Å²) in [5.74, 6) is 1.71. The third-order valence-electron chi connectivity index (χ3n) is 6.18. The van der Waals surface area contributed by atoms with Crippen LogP contribution in [0.4, 0.5) is 16.0 Å². The van der Waals surface area contributed by atoms with E-state index < -0.39 is 5.82 Å². The zero-order chi connectivity index (χ0) is 26.6. The van der Waals surface area contributed by atoms with Gasteiger partial charge in [0.2, 0.25) is 0 Å². The van der Waals surface area contributed by atoms with Crippen molar-refractivity contribution in [2.75, 3.05) is 31.4 Å². The molecule has 5 aromatic rings. The number of rotatable bonds is 9. The number of fused-ring (bicyclic) bond motifs is 1. The van der Waals surface area contributed by atoms with E-state index in [4.69, 9.17) is 26.3 Å². The smallest absolute Gasteiger partial charge is 0.171 e. The van der Waals surface area contributed by atoms with Crippen molar-refractivity contribution in [1.29, 1.82) is 0 Å². The Labute approximate surface area is 224 Å². The number of aromatic nitrogens is 5. The number of hydrogen-bond acceptors (Lipinski definition) is 7. The Hall–Kier alpha value is -4.24. The van der Waals surface area contributed by atoms with E-state index in [0.29, 0.717) is 39.7 Å². The van der Waals surface area contributed by atoms with Crippen LogP contribution in [0.1, 0.15) is 28.2 Å². The number of pyridine rings is 1. The summed E-state index contributed by atoms with van der Waals surface area (Å²) >= 11 is 6.25. The fourth-order valence-electron chi connectivity index (χ4n) is 4.14. The lowest BCUT2D eigenvalue weighted by Crippen LogP contribution is -2.11. The quantitative estimate of drug-likeness (QED) is 0.263. The topological polar surface area (TPSA) is 91.9 Å². The average molecular weight is 532 g/mol. The number of aromatic amines is 1. The Morgan fingerprint density at radius 3 is 2.47 bits per heavy atom. The Morgan fingerprint density at radius 1 is 0.974 bits per heavy atom. The van der Waals surface area contributed by atoms with Crippen LogP contribution >= 0.6 is 11.6 Å². The summed E-state index contributed by atoms with van der Waals surface area (Å²) in [5.41, 5.74) is 4.14. The molecule has 194 valence electrons. The summed E-state index contributed by atoms with van der Waals surface area (Å²) in [6.07, 6.45) is 2.90. The maximum absolute atomic E-state index is 14.8. The minimum absolute atomic E-state index is 0.121. The third-order valence-corrected chi connectivity index (χ3v) is 6.53. The molecule has 10 heteroatoms. The Kier molecular flexibility index (Phi) is 7.37. The Balaban J connectivity index is 1.33. The lowest BCUT2D eigenvalue weighted by atomic mass is 10.0. The summed E-state index contributed by atoms with van der Waals surface area (Å²) in [4.78, 5) is 16.0. The monoisotopic (exact) mass is 531 g/mol. The second kappa shape index (κ2) is 11.0. The van der Waals surface area contributed by atoms with Gasteiger partial charge >= 0.3 is 0 Å². The number of benzene rings is 2. The van der Waals surface area contributed by atoms with Gasteiger partial charge < -0.3 is 15.0 Å². The number of nitrogens with zero attached hydrogens (tertiary/aromatic N) is 5. The number of hydrogen-bond donors (Lipinski definition) is 2. The Bertz CT molecular complexity index is 1570. The van der Waals surface area contributed by atoms with Gasteiger partial charge in [0.05, 0.1) is 18.7 Å². The molecular formula is C28H27ClFN7O. The molecular weight excluding hydrogens is 505 g/mol. The van der Waals surface area contributed by atoms with Gasteiger partial charge in [-0.3, -0.25) is 5.10 Å². The molecule has 8 nitrogen and oxygen atoms in total. The van der Waals surface area contributed by atoms with E-state index >= 15 is 0 Å². The number of methoxy groups -OCH3 is 1. The maximum Gasteiger partial charge on any atom is 0.171 e. The molecule has 0 spiro atoms. The zero-order valence-electron chi connectivity index (χ0n) is 21.3. The van der Waals surface area contributed by atoms with E-state index in [1.165, 1.54) is 18.7 Å². The van der Waals surface area contributed by atoms with Gasteiger partial charge in [-0.2, -0.15) is 5.10 Å². The van der Waals surface area contributed by atoms with Crippen LogP contribution in [0.15, 0.2) is 60.8 Å². The molecule has 0 fully saturated rings. The van der Waals surface area contributed by atoms with Crippen LogP contribution in [0, 0.1) is 5.82 Å². The number of ether oxygens (including phenoxy) is 1. The molecule has 2 N–H and O–H groups in total. The fraction of sp³-hybridized carbons (Fsp3) is 0.214. The highest BCUT2D eigenvalue weighted by atomic mass is 35.5. The summed E-state index contributed by atoms with van der Waals surface area (Å²) in [6, 6.07) is 17.5. The van der Waals surface area contributed by atoms with Gasteiger partial charge in [-0.05, 0) is 35.4 Å². The molecule has 0 saturated carbocycles. The van der Waals surface area contributed by atoms with Crippen LogP contribution in [-0.4, -0.2) is 46.4 Å². The minimum Gasteiger partial charge on any atom is -0.494 e. The van der Waals surface area contributed by atoms with Crippen molar-refractivity contribution in [3.05, 3.63) is 99.8 Å². The molecule has 0 aliphatic heterocycles. The normalized spacial score (nSPS) is 11.1. The molecule has 0 amide bonds. The van der Waals surface area contributed by atoms with Crippen molar-refractivity contribution >= 4 is 34.3 Å². The van der Waals surface area contributed by atoms with Crippen LogP contribution in [0.25, 0.3) is 11.0 Å². The molecule has 38 heavy (non-hydrogen) atoms. The highest BCUT2D eigenvalue weighted by Gasteiger charge is 2.15. The molecule has 3 aromatic heterocycles. The van der Waals surface area contributed by atoms with Crippen LogP contribution in [0.2, 0.25) is 5.02 Å².